The van der Waals surface area contributed by atoms with E-state index < -0.39 is 0 Å². The molecule has 1 aromatic rings. The summed E-state index contributed by atoms with van der Waals surface area (Å²) in [6.45, 7) is 0.485. The molecule has 0 saturated heterocycles. The quantitative estimate of drug-likeness (QED) is 0.648. The highest BCUT2D eigenvalue weighted by Gasteiger charge is 2.17. The summed E-state index contributed by atoms with van der Waals surface area (Å²) in [4.78, 5) is 4.29. The van der Waals surface area contributed by atoms with Gasteiger partial charge in [-0.15, -0.1) is 0 Å². The molecule has 2 rings (SSSR count). The highest BCUT2D eigenvalue weighted by atomic mass is 14.7. The van der Waals surface area contributed by atoms with E-state index in [4.69, 9.17) is 5.73 Å². The van der Waals surface area contributed by atoms with Crippen LogP contribution in [0.3, 0.4) is 0 Å². The second kappa shape index (κ2) is 3.59. The smallest absolute Gasteiger partial charge is 0.113 e. The van der Waals surface area contributed by atoms with E-state index in [1.165, 1.54) is 12.8 Å². The zero-order valence-corrected chi connectivity index (χ0v) is 7.46. The van der Waals surface area contributed by atoms with Crippen LogP contribution in [-0.4, -0.2) is 4.98 Å². The Balaban J connectivity index is 2.15. The van der Waals surface area contributed by atoms with Crippen molar-refractivity contribution < 1.29 is 0 Å². The van der Waals surface area contributed by atoms with Gasteiger partial charge in [-0.2, -0.15) is 0 Å². The minimum Gasteiger partial charge on any atom is -0.325 e. The normalized spacial score (nSPS) is 14.8. The largest absolute Gasteiger partial charge is 0.325 e. The van der Waals surface area contributed by atoms with Crippen LogP contribution in [-0.2, 0) is 6.54 Å². The van der Waals surface area contributed by atoms with Gasteiger partial charge in [0.1, 0.15) is 5.69 Å². The molecule has 1 aromatic heterocycles. The van der Waals surface area contributed by atoms with Gasteiger partial charge < -0.3 is 5.73 Å². The molecule has 0 spiro atoms. The van der Waals surface area contributed by atoms with Crippen LogP contribution in [0.1, 0.15) is 24.2 Å². The van der Waals surface area contributed by atoms with Gasteiger partial charge >= 0.3 is 0 Å². The van der Waals surface area contributed by atoms with Gasteiger partial charge in [0.25, 0.3) is 0 Å². The van der Waals surface area contributed by atoms with Gasteiger partial charge in [0, 0.05) is 12.5 Å². The molecular formula is C11H12N2. The van der Waals surface area contributed by atoms with Gasteiger partial charge in [0.15, 0.2) is 0 Å². The number of hydrogen-bond acceptors (Lipinski definition) is 2. The topological polar surface area (TPSA) is 38.9 Å². The molecule has 2 heteroatoms. The van der Waals surface area contributed by atoms with E-state index >= 15 is 0 Å². The van der Waals surface area contributed by atoms with Crippen molar-refractivity contribution in [3.63, 3.8) is 0 Å². The first-order chi connectivity index (χ1) is 6.38. The number of aromatic nitrogens is 1. The SMILES string of the molecule is NCc1cccc(C#CC2CC2)n1. The van der Waals surface area contributed by atoms with Crippen molar-refractivity contribution in [1.82, 2.24) is 4.98 Å². The molecule has 1 aliphatic carbocycles. The average Bonchev–Trinajstić information content (AvgIpc) is 2.99. The lowest BCUT2D eigenvalue weighted by Crippen LogP contribution is -1.99. The van der Waals surface area contributed by atoms with E-state index in [9.17, 15) is 0 Å². The first-order valence-corrected chi connectivity index (χ1v) is 4.56. The van der Waals surface area contributed by atoms with Crippen molar-refractivity contribution in [2.24, 2.45) is 11.7 Å². The third-order valence-corrected chi connectivity index (χ3v) is 2.00. The average molecular weight is 172 g/mol. The molecule has 0 bridgehead atoms. The molecule has 66 valence electrons. The Kier molecular flexibility index (Phi) is 2.29. The lowest BCUT2D eigenvalue weighted by molar-refractivity contribution is 0.983. The number of rotatable bonds is 1. The summed E-state index contributed by atoms with van der Waals surface area (Å²) in [7, 11) is 0. The van der Waals surface area contributed by atoms with Crippen molar-refractivity contribution >= 4 is 0 Å². The molecule has 2 nitrogen and oxygen atoms in total. The monoisotopic (exact) mass is 172 g/mol. The molecule has 1 aliphatic rings. The highest BCUT2D eigenvalue weighted by molar-refractivity contribution is 5.30. The van der Waals surface area contributed by atoms with Crippen molar-refractivity contribution in [3.8, 4) is 11.8 Å². The fraction of sp³-hybridized carbons (Fsp3) is 0.364. The van der Waals surface area contributed by atoms with Gasteiger partial charge in [-0.1, -0.05) is 12.0 Å². The molecule has 0 aromatic carbocycles. The molecule has 0 aliphatic heterocycles. The van der Waals surface area contributed by atoms with Crippen LogP contribution >= 0.6 is 0 Å². The second-order valence-electron chi connectivity index (χ2n) is 3.26. The predicted octanol–water partition coefficient (Wildman–Crippen LogP) is 1.30. The van der Waals surface area contributed by atoms with Gasteiger partial charge in [-0.25, -0.2) is 4.98 Å². The summed E-state index contributed by atoms with van der Waals surface area (Å²) in [5.74, 6) is 6.86. The molecule has 1 fully saturated rings. The van der Waals surface area contributed by atoms with E-state index in [1.807, 2.05) is 18.2 Å². The minimum absolute atomic E-state index is 0.485. The van der Waals surface area contributed by atoms with E-state index in [1.54, 1.807) is 0 Å². The van der Waals surface area contributed by atoms with E-state index in [0.29, 0.717) is 12.5 Å². The van der Waals surface area contributed by atoms with Gasteiger partial charge in [-0.05, 0) is 30.9 Å². The molecular weight excluding hydrogens is 160 g/mol. The summed E-state index contributed by atoms with van der Waals surface area (Å²) in [6, 6.07) is 5.79. The second-order valence-corrected chi connectivity index (χ2v) is 3.26. The third kappa shape index (κ3) is 2.30. The maximum atomic E-state index is 5.48. The number of pyridine rings is 1. The molecule has 2 N–H and O–H groups in total. The van der Waals surface area contributed by atoms with Crippen molar-refractivity contribution in [3.05, 3.63) is 29.6 Å². The molecule has 0 amide bonds. The number of nitrogens with zero attached hydrogens (tertiary/aromatic N) is 1. The van der Waals surface area contributed by atoms with Gasteiger partial charge in [0.05, 0.1) is 5.69 Å². The molecule has 1 saturated carbocycles. The maximum absolute atomic E-state index is 5.48. The summed E-state index contributed by atoms with van der Waals surface area (Å²) in [5, 5.41) is 0. The van der Waals surface area contributed by atoms with Crippen molar-refractivity contribution in [2.75, 3.05) is 0 Å². The standard InChI is InChI=1S/C11H12N2/c12-8-11-3-1-2-10(13-11)7-6-9-4-5-9/h1-3,9H,4-5,8,12H2. The Labute approximate surface area is 78.2 Å². The molecule has 0 unspecified atom stereocenters. The van der Waals surface area contributed by atoms with Crippen molar-refractivity contribution in [1.29, 1.82) is 0 Å². The highest BCUT2D eigenvalue weighted by Crippen LogP contribution is 2.27. The first-order valence-electron chi connectivity index (χ1n) is 4.56. The van der Waals surface area contributed by atoms with Crippen LogP contribution in [0, 0.1) is 17.8 Å². The van der Waals surface area contributed by atoms with Crippen LogP contribution in [0.4, 0.5) is 0 Å². The fourth-order valence-corrected chi connectivity index (χ4v) is 1.07. The van der Waals surface area contributed by atoms with Crippen molar-refractivity contribution in [2.45, 2.75) is 19.4 Å². The number of nitrogens with two attached hydrogens (primary N) is 1. The zero-order chi connectivity index (χ0) is 9.10. The molecule has 0 atom stereocenters. The van der Waals surface area contributed by atoms with Crippen LogP contribution in [0.2, 0.25) is 0 Å². The Morgan fingerprint density at radius 1 is 1.46 bits per heavy atom. The van der Waals surface area contributed by atoms with E-state index in [-0.39, 0.29) is 0 Å². The lowest BCUT2D eigenvalue weighted by atomic mass is 10.3. The first kappa shape index (κ1) is 8.28. The third-order valence-electron chi connectivity index (χ3n) is 2.00. The van der Waals surface area contributed by atoms with Crippen LogP contribution in [0.25, 0.3) is 0 Å². The zero-order valence-electron chi connectivity index (χ0n) is 7.46. The van der Waals surface area contributed by atoms with Crippen LogP contribution in [0.5, 0.6) is 0 Å². The van der Waals surface area contributed by atoms with Crippen LogP contribution in [0.15, 0.2) is 18.2 Å². The Hall–Kier alpha value is -1.33. The van der Waals surface area contributed by atoms with Gasteiger partial charge in [0.2, 0.25) is 0 Å². The Morgan fingerprint density at radius 2 is 2.31 bits per heavy atom. The summed E-state index contributed by atoms with van der Waals surface area (Å²) < 4.78 is 0. The Morgan fingerprint density at radius 3 is 3.00 bits per heavy atom. The molecule has 0 radical (unpaired) electrons. The van der Waals surface area contributed by atoms with Gasteiger partial charge in [-0.3, -0.25) is 0 Å². The molecule has 13 heavy (non-hydrogen) atoms. The van der Waals surface area contributed by atoms with Crippen LogP contribution < -0.4 is 5.73 Å². The minimum atomic E-state index is 0.485. The maximum Gasteiger partial charge on any atom is 0.113 e. The Bertz CT molecular complexity index is 356. The fourth-order valence-electron chi connectivity index (χ4n) is 1.07. The predicted molar refractivity (Wildman–Crippen MR) is 51.7 cm³/mol. The van der Waals surface area contributed by atoms with E-state index in [0.717, 1.165) is 11.4 Å². The summed E-state index contributed by atoms with van der Waals surface area (Å²) in [5.41, 5.74) is 7.22. The summed E-state index contributed by atoms with van der Waals surface area (Å²) in [6.07, 6.45) is 2.51. The number of hydrogen-bond donors (Lipinski definition) is 1. The molecule has 1 heterocycles. The summed E-state index contributed by atoms with van der Waals surface area (Å²) >= 11 is 0. The van der Waals surface area contributed by atoms with E-state index in [2.05, 4.69) is 16.8 Å². The lowest BCUT2D eigenvalue weighted by Gasteiger charge is -1.94.